The third kappa shape index (κ3) is 4.39. The molecule has 0 aliphatic rings. The molecule has 0 atom stereocenters. The minimum absolute atomic E-state index is 0.0468. The zero-order valence-electron chi connectivity index (χ0n) is 16.0. The molecule has 4 rings (SSSR count). The van der Waals surface area contributed by atoms with Gasteiger partial charge in [0.2, 0.25) is 0 Å². The Balaban J connectivity index is 1.63. The Morgan fingerprint density at radius 3 is 2.61 bits per heavy atom. The molecule has 0 spiro atoms. The fourth-order valence-electron chi connectivity index (χ4n) is 3.07. The van der Waals surface area contributed by atoms with Gasteiger partial charge in [0.15, 0.2) is 11.3 Å². The van der Waals surface area contributed by atoms with Crippen LogP contribution >= 0.6 is 0 Å². The van der Waals surface area contributed by atoms with Crippen LogP contribution in [0.25, 0.3) is 16.9 Å². The van der Waals surface area contributed by atoms with Crippen LogP contribution in [0.1, 0.15) is 22.5 Å². The van der Waals surface area contributed by atoms with E-state index in [1.807, 2.05) is 4.57 Å². The molecule has 0 radical (unpaired) electrons. The van der Waals surface area contributed by atoms with E-state index in [0.29, 0.717) is 24.0 Å². The zero-order valence-corrected chi connectivity index (χ0v) is 16.0. The lowest BCUT2D eigenvalue weighted by molar-refractivity contribution is -0.142. The summed E-state index contributed by atoms with van der Waals surface area (Å²) in [5, 5.41) is 6.39. The molecule has 3 aromatic heterocycles. The van der Waals surface area contributed by atoms with E-state index in [1.54, 1.807) is 18.7 Å². The predicted molar refractivity (Wildman–Crippen MR) is 103 cm³/mol. The average Bonchev–Trinajstić information content (AvgIpc) is 3.40. The summed E-state index contributed by atoms with van der Waals surface area (Å²) in [6.07, 6.45) is 1.99. The molecule has 160 valence electrons. The number of aryl methyl sites for hydroxylation is 1. The van der Waals surface area contributed by atoms with Gasteiger partial charge >= 0.3 is 6.18 Å². The Labute approximate surface area is 173 Å². The smallest absolute Gasteiger partial charge is 0.352 e. The van der Waals surface area contributed by atoms with E-state index in [2.05, 4.69) is 20.4 Å². The number of hydrogen-bond donors (Lipinski definition) is 1. The maximum absolute atomic E-state index is 13.6. The van der Waals surface area contributed by atoms with Gasteiger partial charge in [0, 0.05) is 31.0 Å². The molecule has 0 saturated carbocycles. The lowest BCUT2D eigenvalue weighted by atomic mass is 10.1. The van der Waals surface area contributed by atoms with Gasteiger partial charge in [-0.25, -0.2) is 18.9 Å². The number of amides is 1. The molecule has 4 aromatic rings. The highest BCUT2D eigenvalue weighted by molar-refractivity contribution is 5.99. The van der Waals surface area contributed by atoms with Gasteiger partial charge in [0.25, 0.3) is 5.91 Å². The summed E-state index contributed by atoms with van der Waals surface area (Å²) < 4.78 is 56.5. The summed E-state index contributed by atoms with van der Waals surface area (Å²) in [4.78, 5) is 20.7. The Morgan fingerprint density at radius 1 is 1.16 bits per heavy atom. The van der Waals surface area contributed by atoms with Gasteiger partial charge in [-0.2, -0.15) is 18.3 Å². The number of aromatic nitrogens is 5. The van der Waals surface area contributed by atoms with Crippen molar-refractivity contribution >= 4 is 11.6 Å². The lowest BCUT2D eigenvalue weighted by Gasteiger charge is -2.12. The number of nitrogens with one attached hydrogen (secondary N) is 1. The van der Waals surface area contributed by atoms with Crippen molar-refractivity contribution in [2.24, 2.45) is 0 Å². The van der Waals surface area contributed by atoms with Crippen LogP contribution in [0.5, 0.6) is 0 Å². The molecule has 3 heterocycles. The minimum atomic E-state index is -4.74. The first-order valence-corrected chi connectivity index (χ1v) is 9.29. The first-order valence-electron chi connectivity index (χ1n) is 9.29. The normalized spacial score (nSPS) is 11.7. The van der Waals surface area contributed by atoms with Crippen molar-refractivity contribution in [3.8, 4) is 11.3 Å². The highest BCUT2D eigenvalue weighted by atomic mass is 19.4. The Bertz CT molecular complexity index is 1200. The molecule has 0 aliphatic heterocycles. The van der Waals surface area contributed by atoms with Crippen LogP contribution in [0, 0.1) is 5.82 Å². The molecule has 1 amide bonds. The van der Waals surface area contributed by atoms with Crippen molar-refractivity contribution in [1.29, 1.82) is 0 Å². The standard InChI is InChI=1S/C20H16F4N6O/c21-14-4-2-13(3-5-14)16-10-17(20(22,23)24)30-18(28-16)15(11-27-30)19(31)26-6-1-8-29-9-7-25-12-29/h2-5,7,9-12H,1,6,8H2,(H,26,31). The minimum Gasteiger partial charge on any atom is -0.352 e. The second kappa shape index (κ2) is 8.17. The third-order valence-corrected chi connectivity index (χ3v) is 4.58. The molecule has 1 N–H and O–H groups in total. The first-order chi connectivity index (χ1) is 14.8. The number of alkyl halides is 3. The summed E-state index contributed by atoms with van der Waals surface area (Å²) in [5.41, 5.74) is -1.17. The molecule has 31 heavy (non-hydrogen) atoms. The van der Waals surface area contributed by atoms with Crippen LogP contribution in [0.3, 0.4) is 0 Å². The summed E-state index contributed by atoms with van der Waals surface area (Å²) in [7, 11) is 0. The number of rotatable bonds is 6. The second-order valence-electron chi connectivity index (χ2n) is 6.73. The number of carbonyl (C=O) groups is 1. The van der Waals surface area contributed by atoms with E-state index in [-0.39, 0.29) is 22.5 Å². The molecule has 11 heteroatoms. The fraction of sp³-hybridized carbons (Fsp3) is 0.200. The number of halogens is 4. The van der Waals surface area contributed by atoms with Crippen molar-refractivity contribution in [2.75, 3.05) is 6.54 Å². The fourth-order valence-corrected chi connectivity index (χ4v) is 3.07. The Kier molecular flexibility index (Phi) is 5.40. The largest absolute Gasteiger partial charge is 0.433 e. The zero-order chi connectivity index (χ0) is 22.0. The number of carbonyl (C=O) groups excluding carboxylic acids is 1. The molecular weight excluding hydrogens is 416 g/mol. The van der Waals surface area contributed by atoms with Gasteiger partial charge in [-0.15, -0.1) is 0 Å². The van der Waals surface area contributed by atoms with Crippen molar-refractivity contribution in [1.82, 2.24) is 29.5 Å². The van der Waals surface area contributed by atoms with Crippen LogP contribution < -0.4 is 5.32 Å². The number of nitrogens with zero attached hydrogens (tertiary/aromatic N) is 5. The van der Waals surface area contributed by atoms with E-state index in [9.17, 15) is 22.4 Å². The van der Waals surface area contributed by atoms with Crippen LogP contribution in [0.4, 0.5) is 17.6 Å². The quantitative estimate of drug-likeness (QED) is 0.373. The van der Waals surface area contributed by atoms with Gasteiger partial charge < -0.3 is 9.88 Å². The molecular formula is C20H16F4N6O. The van der Waals surface area contributed by atoms with E-state index in [0.717, 1.165) is 24.4 Å². The number of hydrogen-bond acceptors (Lipinski definition) is 4. The maximum atomic E-state index is 13.6. The van der Waals surface area contributed by atoms with Crippen LogP contribution in [-0.4, -0.2) is 36.6 Å². The lowest BCUT2D eigenvalue weighted by Crippen LogP contribution is -2.25. The van der Waals surface area contributed by atoms with Crippen LogP contribution in [0.15, 0.2) is 55.2 Å². The van der Waals surface area contributed by atoms with E-state index >= 15 is 0 Å². The third-order valence-electron chi connectivity index (χ3n) is 4.58. The molecule has 0 saturated heterocycles. The van der Waals surface area contributed by atoms with Crippen molar-refractivity contribution < 1.29 is 22.4 Å². The van der Waals surface area contributed by atoms with Crippen molar-refractivity contribution in [3.05, 3.63) is 72.3 Å². The first kappa shape index (κ1) is 20.5. The molecule has 0 unspecified atom stereocenters. The number of benzene rings is 1. The van der Waals surface area contributed by atoms with Gasteiger partial charge in [-0.3, -0.25) is 4.79 Å². The molecule has 1 aromatic carbocycles. The van der Waals surface area contributed by atoms with E-state index in [1.165, 1.54) is 12.1 Å². The number of imidazole rings is 1. The topological polar surface area (TPSA) is 77.1 Å². The summed E-state index contributed by atoms with van der Waals surface area (Å²) in [6.45, 7) is 0.929. The number of fused-ring (bicyclic) bond motifs is 1. The SMILES string of the molecule is O=C(NCCCn1ccnc1)c1cnn2c(C(F)(F)F)cc(-c3ccc(F)cc3)nc12. The van der Waals surface area contributed by atoms with Crippen molar-refractivity contribution in [3.63, 3.8) is 0 Å². The van der Waals surface area contributed by atoms with E-state index < -0.39 is 23.6 Å². The van der Waals surface area contributed by atoms with Gasteiger partial charge in [-0.05, 0) is 36.8 Å². The highest BCUT2D eigenvalue weighted by Gasteiger charge is 2.36. The second-order valence-corrected chi connectivity index (χ2v) is 6.73. The molecule has 7 nitrogen and oxygen atoms in total. The van der Waals surface area contributed by atoms with Gasteiger partial charge in [0.05, 0.1) is 18.2 Å². The van der Waals surface area contributed by atoms with Gasteiger partial charge in [-0.1, -0.05) is 0 Å². The van der Waals surface area contributed by atoms with Crippen LogP contribution in [-0.2, 0) is 12.7 Å². The average molecular weight is 432 g/mol. The predicted octanol–water partition coefficient (Wildman–Crippen LogP) is 3.57. The Hall–Kier alpha value is -3.76. The van der Waals surface area contributed by atoms with Crippen LogP contribution in [0.2, 0.25) is 0 Å². The molecule has 0 aliphatic carbocycles. The molecule has 0 bridgehead atoms. The van der Waals surface area contributed by atoms with Gasteiger partial charge in [0.1, 0.15) is 11.4 Å². The maximum Gasteiger partial charge on any atom is 0.433 e. The van der Waals surface area contributed by atoms with Crippen molar-refractivity contribution in [2.45, 2.75) is 19.1 Å². The Morgan fingerprint density at radius 2 is 1.94 bits per heavy atom. The summed E-state index contributed by atoms with van der Waals surface area (Å²) in [6, 6.07) is 5.71. The molecule has 0 fully saturated rings. The highest BCUT2D eigenvalue weighted by Crippen LogP contribution is 2.32. The van der Waals surface area contributed by atoms with E-state index in [4.69, 9.17) is 0 Å². The monoisotopic (exact) mass is 432 g/mol. The summed E-state index contributed by atoms with van der Waals surface area (Å²) >= 11 is 0. The summed E-state index contributed by atoms with van der Waals surface area (Å²) in [5.74, 6) is -1.11.